The Morgan fingerprint density at radius 2 is 1.78 bits per heavy atom. The van der Waals surface area contributed by atoms with E-state index in [-0.39, 0.29) is 30.7 Å². The number of hydrogen-bond donors (Lipinski definition) is 0. The Labute approximate surface area is 213 Å². The predicted molar refractivity (Wildman–Crippen MR) is 137 cm³/mol. The highest BCUT2D eigenvalue weighted by molar-refractivity contribution is 5.72. The van der Waals surface area contributed by atoms with Crippen molar-refractivity contribution in [3.8, 4) is 17.5 Å². The smallest absolute Gasteiger partial charge is 0.306 e. The van der Waals surface area contributed by atoms with Gasteiger partial charge in [-0.3, -0.25) is 9.59 Å². The summed E-state index contributed by atoms with van der Waals surface area (Å²) in [6, 6.07) is 8.12. The molecule has 0 spiro atoms. The number of methoxy groups -OCH3 is 1. The predicted octanol–water partition coefficient (Wildman–Crippen LogP) is 5.46. The lowest BCUT2D eigenvalue weighted by Crippen LogP contribution is -2.25. The van der Waals surface area contributed by atoms with Crippen LogP contribution in [-0.2, 0) is 19.1 Å². The molecule has 2 aromatic rings. The maximum Gasteiger partial charge on any atom is 0.306 e. The number of hydrogen-bond acceptors (Lipinski definition) is 6. The van der Waals surface area contributed by atoms with Crippen LogP contribution >= 0.6 is 0 Å². The molecule has 2 fully saturated rings. The van der Waals surface area contributed by atoms with Gasteiger partial charge in [-0.1, -0.05) is 29.9 Å². The van der Waals surface area contributed by atoms with Gasteiger partial charge in [0.25, 0.3) is 0 Å². The molecule has 0 amide bonds. The average Bonchev–Trinajstić information content (AvgIpc) is 3.35. The topological polar surface area (TPSA) is 83.3 Å². The molecule has 36 heavy (non-hydrogen) atoms. The molecule has 1 aromatic carbocycles. The third-order valence-corrected chi connectivity index (χ3v) is 6.73. The molecule has 0 aliphatic heterocycles. The zero-order valence-corrected chi connectivity index (χ0v) is 21.9. The monoisotopic (exact) mass is 491 g/mol. The molecule has 0 radical (unpaired) electrons. The van der Waals surface area contributed by atoms with Gasteiger partial charge in [-0.15, -0.1) is 5.10 Å². The highest BCUT2D eigenvalue weighted by Gasteiger charge is 2.36. The molecule has 4 rings (SSSR count). The van der Waals surface area contributed by atoms with Crippen molar-refractivity contribution in [1.82, 2.24) is 15.0 Å². The van der Waals surface area contributed by atoms with Crippen LogP contribution in [0.2, 0.25) is 0 Å². The molecule has 2 saturated carbocycles. The molecule has 2 aliphatic rings. The van der Waals surface area contributed by atoms with Gasteiger partial charge < -0.3 is 9.47 Å². The Morgan fingerprint density at radius 3 is 2.39 bits per heavy atom. The minimum atomic E-state index is -0.580. The second-order valence-electron chi connectivity index (χ2n) is 10.9. The minimum absolute atomic E-state index is 0.141. The molecule has 2 aliphatic carbocycles. The van der Waals surface area contributed by atoms with E-state index in [2.05, 4.69) is 22.2 Å². The third-order valence-electron chi connectivity index (χ3n) is 6.73. The van der Waals surface area contributed by atoms with Crippen LogP contribution in [0.5, 0.6) is 0 Å². The summed E-state index contributed by atoms with van der Waals surface area (Å²) in [5, 5.41) is 9.04. The quantitative estimate of drug-likeness (QED) is 0.360. The maximum atomic E-state index is 12.7. The molecule has 7 heteroatoms. The van der Waals surface area contributed by atoms with Crippen LogP contribution in [0, 0.1) is 17.8 Å². The van der Waals surface area contributed by atoms with Crippen LogP contribution in [0.15, 0.2) is 24.3 Å². The fraction of sp³-hybridized carbons (Fsp3) is 0.586. The van der Waals surface area contributed by atoms with Crippen LogP contribution in [0.1, 0.15) is 107 Å². The molecule has 0 saturated heterocycles. The first-order chi connectivity index (χ1) is 17.2. The van der Waals surface area contributed by atoms with Crippen molar-refractivity contribution in [3.05, 3.63) is 41.2 Å². The van der Waals surface area contributed by atoms with Gasteiger partial charge in [0, 0.05) is 29.7 Å². The second kappa shape index (κ2) is 11.3. The Balaban J connectivity index is 1.58. The van der Waals surface area contributed by atoms with Gasteiger partial charge in [0.2, 0.25) is 0 Å². The van der Waals surface area contributed by atoms with Gasteiger partial charge in [0.1, 0.15) is 5.60 Å². The number of esters is 2. The normalized spacial score (nSPS) is 16.8. The molecule has 0 N–H and O–H groups in total. The summed E-state index contributed by atoms with van der Waals surface area (Å²) in [7, 11) is 1.37. The van der Waals surface area contributed by atoms with E-state index in [1.54, 1.807) is 0 Å². The average molecular weight is 492 g/mol. The largest absolute Gasteiger partial charge is 0.469 e. The van der Waals surface area contributed by atoms with Gasteiger partial charge >= 0.3 is 11.9 Å². The lowest BCUT2D eigenvalue weighted by Gasteiger charge is -2.22. The summed E-state index contributed by atoms with van der Waals surface area (Å²) in [5.41, 5.74) is 3.14. The van der Waals surface area contributed by atoms with E-state index >= 15 is 0 Å². The van der Waals surface area contributed by atoms with Gasteiger partial charge in [0.05, 0.1) is 30.6 Å². The lowest BCUT2D eigenvalue weighted by molar-refractivity contribution is -0.155. The fourth-order valence-electron chi connectivity index (χ4n) is 4.78. The molecule has 1 atom stereocenters. The van der Waals surface area contributed by atoms with Gasteiger partial charge in [0.15, 0.2) is 0 Å². The van der Waals surface area contributed by atoms with E-state index in [1.807, 2.05) is 49.7 Å². The zero-order valence-electron chi connectivity index (χ0n) is 21.9. The Hall–Kier alpha value is -3.14. The van der Waals surface area contributed by atoms with Crippen molar-refractivity contribution in [2.75, 3.05) is 7.11 Å². The van der Waals surface area contributed by atoms with Gasteiger partial charge in [-0.05, 0) is 77.1 Å². The number of nitrogens with zero attached hydrogens (tertiary/aromatic N) is 3. The standard InChI is InChI=1S/C29H37N3O4/c1-29(2,3)36-26(34)19-23(15-18-25(33)35-4)27-28(22-13-14-22)32(31-30-27)24-16-11-21(12-17-24)10-9-20-7-5-6-8-20/h11-12,16-17,20,22-23H,5-8,13-15,18-19H2,1-4H3/t23-/m0/s1. The minimum Gasteiger partial charge on any atom is -0.469 e. The molecule has 1 heterocycles. The van der Waals surface area contributed by atoms with E-state index < -0.39 is 5.60 Å². The molecular weight excluding hydrogens is 454 g/mol. The maximum absolute atomic E-state index is 12.7. The van der Waals surface area contributed by atoms with Gasteiger partial charge in [-0.2, -0.15) is 0 Å². The first-order valence-electron chi connectivity index (χ1n) is 13.1. The Kier molecular flexibility index (Phi) is 8.13. The van der Waals surface area contributed by atoms with E-state index in [0.29, 0.717) is 18.3 Å². The summed E-state index contributed by atoms with van der Waals surface area (Å²) in [5.74, 6) is 6.71. The van der Waals surface area contributed by atoms with Crippen LogP contribution in [0.4, 0.5) is 0 Å². The van der Waals surface area contributed by atoms with Crippen LogP contribution in [0.25, 0.3) is 5.69 Å². The number of rotatable bonds is 8. The summed E-state index contributed by atoms with van der Waals surface area (Å²) < 4.78 is 12.3. The van der Waals surface area contributed by atoms with E-state index in [9.17, 15) is 9.59 Å². The number of aromatic nitrogens is 3. The van der Waals surface area contributed by atoms with Crippen molar-refractivity contribution in [2.24, 2.45) is 5.92 Å². The molecule has 7 nitrogen and oxygen atoms in total. The summed E-state index contributed by atoms with van der Waals surface area (Å²) in [6.45, 7) is 5.55. The second-order valence-corrected chi connectivity index (χ2v) is 10.9. The molecule has 1 aromatic heterocycles. The summed E-state index contributed by atoms with van der Waals surface area (Å²) in [4.78, 5) is 24.6. The highest BCUT2D eigenvalue weighted by Crippen LogP contribution is 2.44. The Bertz CT molecular complexity index is 1120. The highest BCUT2D eigenvalue weighted by atomic mass is 16.6. The van der Waals surface area contributed by atoms with Crippen LogP contribution in [-0.4, -0.2) is 39.6 Å². The molecular formula is C29H37N3O4. The molecule has 0 bridgehead atoms. The molecule has 0 unspecified atom stereocenters. The van der Waals surface area contributed by atoms with Crippen molar-refractivity contribution in [3.63, 3.8) is 0 Å². The summed E-state index contributed by atoms with van der Waals surface area (Å²) in [6.07, 6.45) is 7.88. The van der Waals surface area contributed by atoms with Gasteiger partial charge in [-0.25, -0.2) is 4.68 Å². The van der Waals surface area contributed by atoms with Crippen LogP contribution in [0.3, 0.4) is 0 Å². The van der Waals surface area contributed by atoms with E-state index in [0.717, 1.165) is 35.5 Å². The summed E-state index contributed by atoms with van der Waals surface area (Å²) >= 11 is 0. The SMILES string of the molecule is COC(=O)CC[C@@H](CC(=O)OC(C)(C)C)c1nnn(-c2ccc(C#CC3CCCC3)cc2)c1C1CC1. The van der Waals surface area contributed by atoms with Crippen LogP contribution < -0.4 is 0 Å². The number of carbonyl (C=O) groups is 2. The first kappa shape index (κ1) is 25.9. The number of carbonyl (C=O) groups excluding carboxylic acids is 2. The fourth-order valence-corrected chi connectivity index (χ4v) is 4.78. The number of ether oxygens (including phenoxy) is 2. The van der Waals surface area contributed by atoms with Crippen molar-refractivity contribution >= 4 is 11.9 Å². The van der Waals surface area contributed by atoms with Crippen molar-refractivity contribution in [2.45, 2.75) is 96.0 Å². The van der Waals surface area contributed by atoms with Crippen molar-refractivity contribution < 1.29 is 19.1 Å². The van der Waals surface area contributed by atoms with Crippen molar-refractivity contribution in [1.29, 1.82) is 0 Å². The van der Waals surface area contributed by atoms with E-state index in [1.165, 1.54) is 32.8 Å². The lowest BCUT2D eigenvalue weighted by atomic mass is 9.93. The first-order valence-corrected chi connectivity index (χ1v) is 13.1. The zero-order chi connectivity index (χ0) is 25.7. The third kappa shape index (κ3) is 6.96. The van der Waals surface area contributed by atoms with E-state index in [4.69, 9.17) is 9.47 Å². The molecule has 192 valence electrons. The number of benzene rings is 1. The Morgan fingerprint density at radius 1 is 1.08 bits per heavy atom.